The molecule has 0 spiro atoms. The molecule has 0 bridgehead atoms. The van der Waals surface area contributed by atoms with E-state index in [1.165, 1.54) is 29.1 Å². The maximum absolute atomic E-state index is 13.7. The molecule has 1 aromatic heterocycles. The van der Waals surface area contributed by atoms with Crippen LogP contribution in [0.3, 0.4) is 0 Å². The highest BCUT2D eigenvalue weighted by Gasteiger charge is 2.20. The van der Waals surface area contributed by atoms with Gasteiger partial charge in [0.25, 0.3) is 11.5 Å². The first-order chi connectivity index (χ1) is 22.0. The Morgan fingerprint density at radius 1 is 1.09 bits per heavy atom. The average molecular weight is 640 g/mol. The molecule has 4 aromatic carbocycles. The van der Waals surface area contributed by atoms with Crippen molar-refractivity contribution in [1.29, 1.82) is 0 Å². The summed E-state index contributed by atoms with van der Waals surface area (Å²) in [6.45, 7) is 5.53. The number of hydrogen-bond donors (Lipinski definition) is 1. The molecule has 0 radical (unpaired) electrons. The number of nitrogens with zero attached hydrogens (tertiary/aromatic N) is 4. The van der Waals surface area contributed by atoms with E-state index in [1.807, 2.05) is 32.9 Å². The van der Waals surface area contributed by atoms with E-state index in [-0.39, 0.29) is 17.4 Å². The predicted octanol–water partition coefficient (Wildman–Crippen LogP) is 6.97. The van der Waals surface area contributed by atoms with Gasteiger partial charge in [-0.2, -0.15) is 9.78 Å². The van der Waals surface area contributed by atoms with Gasteiger partial charge in [0.05, 0.1) is 29.2 Å². The van der Waals surface area contributed by atoms with Crippen LogP contribution in [-0.2, 0) is 4.79 Å². The Labute approximate surface area is 269 Å². The highest BCUT2D eigenvalue weighted by Crippen LogP contribution is 2.34. The van der Waals surface area contributed by atoms with Crippen LogP contribution >= 0.6 is 11.6 Å². The lowest BCUT2D eigenvalue weighted by Crippen LogP contribution is -2.21. The Hall–Kier alpha value is -5.55. The molecule has 234 valence electrons. The third-order valence-corrected chi connectivity index (χ3v) is 7.43. The zero-order valence-electron chi connectivity index (χ0n) is 25.5. The van der Waals surface area contributed by atoms with Crippen LogP contribution in [0.1, 0.15) is 36.5 Å². The van der Waals surface area contributed by atoms with E-state index in [0.717, 1.165) is 16.9 Å². The Bertz CT molecular complexity index is 2040. The molecule has 0 atom stereocenters. The molecule has 0 aliphatic carbocycles. The van der Waals surface area contributed by atoms with Gasteiger partial charge in [-0.15, -0.1) is 0 Å². The quantitative estimate of drug-likeness (QED) is 0.0989. The zero-order chi connectivity index (χ0) is 33.0. The van der Waals surface area contributed by atoms with Crippen molar-refractivity contribution in [1.82, 2.24) is 9.66 Å². The summed E-state index contributed by atoms with van der Waals surface area (Å²) in [6.07, 6.45) is 1.34. The van der Waals surface area contributed by atoms with Crippen LogP contribution in [0, 0.1) is 17.0 Å². The maximum Gasteiger partial charge on any atom is 0.311 e. The molecule has 12 heteroatoms. The number of rotatable bonds is 10. The molecule has 11 nitrogen and oxygen atoms in total. The van der Waals surface area contributed by atoms with E-state index < -0.39 is 23.0 Å². The van der Waals surface area contributed by atoms with Gasteiger partial charge in [0.2, 0.25) is 0 Å². The number of ether oxygens (including phenoxy) is 2. The summed E-state index contributed by atoms with van der Waals surface area (Å²) in [5.41, 5.74) is 3.01. The number of nitro groups is 1. The minimum atomic E-state index is -0.618. The summed E-state index contributed by atoms with van der Waals surface area (Å²) < 4.78 is 12.3. The second-order valence-electron chi connectivity index (χ2n) is 10.7. The lowest BCUT2D eigenvalue weighted by Gasteiger charge is -2.17. The molecule has 0 unspecified atom stereocenters. The van der Waals surface area contributed by atoms with Crippen LogP contribution in [0.15, 0.2) is 88.8 Å². The van der Waals surface area contributed by atoms with Gasteiger partial charge in [-0.25, -0.2) is 4.98 Å². The van der Waals surface area contributed by atoms with Crippen LogP contribution in [0.2, 0.25) is 5.02 Å². The molecule has 0 saturated heterocycles. The number of fused-ring (bicyclic) bond motifs is 1. The molecule has 0 saturated carbocycles. The summed E-state index contributed by atoms with van der Waals surface area (Å²) in [5, 5.41) is 19.9. The number of nitrogens with one attached hydrogen (secondary N) is 1. The number of hydrogen-bond acceptors (Lipinski definition) is 8. The fourth-order valence-electron chi connectivity index (χ4n) is 4.85. The molecule has 0 fully saturated rings. The summed E-state index contributed by atoms with van der Waals surface area (Å²) in [5.74, 6) is 0.555. The number of halogens is 1. The number of methoxy groups -OCH3 is 1. The van der Waals surface area contributed by atoms with Gasteiger partial charge in [0.1, 0.15) is 5.75 Å². The molecular weight excluding hydrogens is 610 g/mol. The minimum absolute atomic E-state index is 0.103. The van der Waals surface area contributed by atoms with Gasteiger partial charge in [-0.1, -0.05) is 37.6 Å². The van der Waals surface area contributed by atoms with Gasteiger partial charge in [0, 0.05) is 27.9 Å². The number of carbonyl (C=O) groups excluding carboxylic acids is 1. The van der Waals surface area contributed by atoms with Crippen molar-refractivity contribution >= 4 is 46.0 Å². The van der Waals surface area contributed by atoms with Gasteiger partial charge in [-0.05, 0) is 84.6 Å². The number of aryl methyl sites for hydroxylation is 1. The first-order valence-corrected chi connectivity index (χ1v) is 14.6. The van der Waals surface area contributed by atoms with Crippen molar-refractivity contribution in [2.45, 2.75) is 26.7 Å². The van der Waals surface area contributed by atoms with Crippen LogP contribution in [0.4, 0.5) is 11.4 Å². The summed E-state index contributed by atoms with van der Waals surface area (Å²) in [7, 11) is 1.61. The molecule has 5 aromatic rings. The van der Waals surface area contributed by atoms with Crippen LogP contribution in [0.5, 0.6) is 11.5 Å². The van der Waals surface area contributed by atoms with Crippen LogP contribution < -0.4 is 20.3 Å². The largest absolute Gasteiger partial charge is 0.496 e. The van der Waals surface area contributed by atoms with E-state index >= 15 is 0 Å². The molecule has 5 rings (SSSR count). The van der Waals surface area contributed by atoms with E-state index in [2.05, 4.69) is 10.4 Å². The molecular formula is C34H30ClN5O6. The number of aromatic nitrogens is 2. The Morgan fingerprint density at radius 3 is 2.52 bits per heavy atom. The number of amides is 1. The first-order valence-electron chi connectivity index (χ1n) is 14.3. The second kappa shape index (κ2) is 13.6. The van der Waals surface area contributed by atoms with E-state index in [1.54, 1.807) is 55.6 Å². The molecule has 0 aliphatic rings. The average Bonchev–Trinajstić information content (AvgIpc) is 3.04. The summed E-state index contributed by atoms with van der Waals surface area (Å²) >= 11 is 5.87. The normalized spacial score (nSPS) is 11.3. The van der Waals surface area contributed by atoms with Gasteiger partial charge < -0.3 is 14.8 Å². The fraction of sp³-hybridized carbons (Fsp3) is 0.176. The second-order valence-corrected chi connectivity index (χ2v) is 11.1. The Morgan fingerprint density at radius 2 is 1.83 bits per heavy atom. The van der Waals surface area contributed by atoms with Crippen molar-refractivity contribution in [2.24, 2.45) is 5.10 Å². The van der Waals surface area contributed by atoms with Crippen molar-refractivity contribution < 1.29 is 19.2 Å². The third-order valence-electron chi connectivity index (χ3n) is 7.18. The first kappa shape index (κ1) is 31.9. The number of nitro benzene ring substituents is 1. The standard InChI is InChI=1S/C34H30ClN5O6/c1-20(2)26-17-27(21(3)15-31(26)45-4)33-38-28-8-6-5-7-25(28)34(42)39(33)36-18-22-9-14-30(29(16-22)40(43)44)46-19-32(41)37-24-12-10-23(35)11-13-24/h5-18,20H,19H2,1-4H3,(H,37,41). The van der Waals surface area contributed by atoms with Gasteiger partial charge in [0.15, 0.2) is 18.2 Å². The van der Waals surface area contributed by atoms with Crippen LogP contribution in [0.25, 0.3) is 22.3 Å². The SMILES string of the molecule is COc1cc(C)c(-c2nc3ccccc3c(=O)n2N=Cc2ccc(OCC(=O)Nc3ccc(Cl)cc3)c([N+](=O)[O-])c2)cc1C(C)C. The minimum Gasteiger partial charge on any atom is -0.496 e. The predicted molar refractivity (Wildman–Crippen MR) is 178 cm³/mol. The molecule has 1 amide bonds. The lowest BCUT2D eigenvalue weighted by molar-refractivity contribution is -0.385. The Balaban J connectivity index is 1.49. The number of benzene rings is 4. The fourth-order valence-corrected chi connectivity index (χ4v) is 4.98. The summed E-state index contributed by atoms with van der Waals surface area (Å²) in [6, 6.07) is 21.5. The monoisotopic (exact) mass is 639 g/mol. The van der Waals surface area contributed by atoms with E-state index in [0.29, 0.717) is 38.6 Å². The smallest absolute Gasteiger partial charge is 0.311 e. The van der Waals surface area contributed by atoms with Crippen molar-refractivity contribution in [3.8, 4) is 22.9 Å². The molecule has 46 heavy (non-hydrogen) atoms. The Kier molecular flexibility index (Phi) is 9.43. The van der Waals surface area contributed by atoms with Crippen LogP contribution in [-0.4, -0.2) is 40.4 Å². The third kappa shape index (κ3) is 6.89. The van der Waals surface area contributed by atoms with E-state index in [4.69, 9.17) is 26.1 Å². The van der Waals surface area contributed by atoms with Crippen molar-refractivity contribution in [3.05, 3.63) is 121 Å². The topological polar surface area (TPSA) is 138 Å². The van der Waals surface area contributed by atoms with Crippen molar-refractivity contribution in [2.75, 3.05) is 19.0 Å². The van der Waals surface area contributed by atoms with E-state index in [9.17, 15) is 19.7 Å². The lowest BCUT2D eigenvalue weighted by atomic mass is 9.96. The molecule has 1 heterocycles. The number of anilines is 1. The maximum atomic E-state index is 13.7. The number of para-hydroxylation sites is 1. The highest BCUT2D eigenvalue weighted by atomic mass is 35.5. The van der Waals surface area contributed by atoms with Gasteiger partial charge in [-0.3, -0.25) is 19.7 Å². The summed E-state index contributed by atoms with van der Waals surface area (Å²) in [4.78, 5) is 42.2. The number of carbonyl (C=O) groups is 1. The zero-order valence-corrected chi connectivity index (χ0v) is 26.2. The molecule has 0 aliphatic heterocycles. The highest BCUT2D eigenvalue weighted by molar-refractivity contribution is 6.30. The van der Waals surface area contributed by atoms with Crippen molar-refractivity contribution in [3.63, 3.8) is 0 Å². The molecule has 1 N–H and O–H groups in total. The van der Waals surface area contributed by atoms with Gasteiger partial charge >= 0.3 is 5.69 Å².